The molecule has 19 heavy (non-hydrogen) atoms. The van der Waals surface area contributed by atoms with E-state index in [0.29, 0.717) is 21.9 Å². The van der Waals surface area contributed by atoms with Gasteiger partial charge in [0.1, 0.15) is 5.00 Å². The number of rotatable bonds is 2. The summed E-state index contributed by atoms with van der Waals surface area (Å²) in [4.78, 5) is 13.6. The van der Waals surface area contributed by atoms with Gasteiger partial charge in [0.25, 0.3) is 0 Å². The molecule has 0 atom stereocenters. The number of halogens is 3. The van der Waals surface area contributed by atoms with E-state index in [4.69, 9.17) is 5.73 Å². The van der Waals surface area contributed by atoms with Crippen LogP contribution in [-0.2, 0) is 17.7 Å². The van der Waals surface area contributed by atoms with Crippen molar-refractivity contribution in [3.8, 4) is 0 Å². The maximum Gasteiger partial charge on any atom is 0.401 e. The van der Waals surface area contributed by atoms with Gasteiger partial charge >= 0.3 is 12.1 Å². The first-order valence-corrected chi connectivity index (χ1v) is 6.41. The SMILES string of the molecule is COC(=O)c1c(N)sc2c1CCN(CC(F)(F)F)C2. The van der Waals surface area contributed by atoms with Crippen LogP contribution < -0.4 is 5.73 Å². The average Bonchev–Trinajstić information content (AvgIpc) is 2.61. The van der Waals surface area contributed by atoms with Crippen molar-refractivity contribution >= 4 is 22.3 Å². The molecule has 0 unspecified atom stereocenters. The molecule has 2 heterocycles. The van der Waals surface area contributed by atoms with E-state index in [0.717, 1.165) is 16.9 Å². The van der Waals surface area contributed by atoms with Crippen LogP contribution in [0.5, 0.6) is 0 Å². The van der Waals surface area contributed by atoms with Crippen LogP contribution in [0.25, 0.3) is 0 Å². The van der Waals surface area contributed by atoms with Gasteiger partial charge in [-0.25, -0.2) is 4.79 Å². The number of methoxy groups -OCH3 is 1. The molecule has 1 aromatic rings. The lowest BCUT2D eigenvalue weighted by Crippen LogP contribution is -2.37. The Morgan fingerprint density at radius 1 is 1.53 bits per heavy atom. The molecule has 0 saturated carbocycles. The van der Waals surface area contributed by atoms with E-state index in [9.17, 15) is 18.0 Å². The maximum atomic E-state index is 12.3. The van der Waals surface area contributed by atoms with Crippen molar-refractivity contribution in [1.29, 1.82) is 0 Å². The van der Waals surface area contributed by atoms with Gasteiger partial charge < -0.3 is 10.5 Å². The van der Waals surface area contributed by atoms with Crippen LogP contribution in [0.1, 0.15) is 20.8 Å². The molecule has 8 heteroatoms. The minimum Gasteiger partial charge on any atom is -0.465 e. The lowest BCUT2D eigenvalue weighted by molar-refractivity contribution is -0.147. The van der Waals surface area contributed by atoms with Gasteiger partial charge in [-0.3, -0.25) is 4.90 Å². The molecule has 0 aliphatic carbocycles. The third-order valence-electron chi connectivity index (χ3n) is 2.96. The Kier molecular flexibility index (Phi) is 3.73. The molecular weight excluding hydrogens is 281 g/mol. The molecule has 0 fully saturated rings. The quantitative estimate of drug-likeness (QED) is 0.848. The molecule has 4 nitrogen and oxygen atoms in total. The lowest BCUT2D eigenvalue weighted by Gasteiger charge is -2.27. The summed E-state index contributed by atoms with van der Waals surface area (Å²) in [5, 5.41) is 0.311. The monoisotopic (exact) mass is 294 g/mol. The Morgan fingerprint density at radius 3 is 2.79 bits per heavy atom. The number of nitrogens with two attached hydrogens (primary N) is 1. The summed E-state index contributed by atoms with van der Waals surface area (Å²) in [5.74, 6) is -0.528. The third-order valence-corrected chi connectivity index (χ3v) is 4.00. The number of esters is 1. The second-order valence-corrected chi connectivity index (χ2v) is 5.45. The Morgan fingerprint density at radius 2 is 2.21 bits per heavy atom. The minimum absolute atomic E-state index is 0.167. The summed E-state index contributed by atoms with van der Waals surface area (Å²) >= 11 is 1.16. The first-order valence-electron chi connectivity index (χ1n) is 5.59. The van der Waals surface area contributed by atoms with Crippen molar-refractivity contribution in [2.45, 2.75) is 19.1 Å². The number of hydrogen-bond acceptors (Lipinski definition) is 5. The largest absolute Gasteiger partial charge is 0.465 e. The second-order valence-electron chi connectivity index (χ2n) is 4.31. The number of ether oxygens (including phenoxy) is 1. The zero-order valence-electron chi connectivity index (χ0n) is 10.2. The van der Waals surface area contributed by atoms with Gasteiger partial charge in [-0.15, -0.1) is 11.3 Å². The number of anilines is 1. The van der Waals surface area contributed by atoms with Gasteiger partial charge in [0.05, 0.1) is 19.2 Å². The first-order chi connectivity index (χ1) is 8.81. The second kappa shape index (κ2) is 5.01. The normalized spacial score (nSPS) is 16.2. The molecule has 0 aromatic carbocycles. The Labute approximate surface area is 111 Å². The molecular formula is C11H13F3N2O2S. The van der Waals surface area contributed by atoms with Crippen LogP contribution in [0.2, 0.25) is 0 Å². The molecule has 1 aliphatic heterocycles. The topological polar surface area (TPSA) is 55.6 Å². The standard InChI is InChI=1S/C11H13F3N2O2S/c1-18-10(17)8-6-2-3-16(5-11(12,13)14)4-7(6)19-9(8)15/h2-5,15H2,1H3. The van der Waals surface area contributed by atoms with E-state index in [-0.39, 0.29) is 13.1 Å². The molecule has 1 aliphatic rings. The molecule has 0 radical (unpaired) electrons. The van der Waals surface area contributed by atoms with E-state index < -0.39 is 18.7 Å². The fourth-order valence-electron chi connectivity index (χ4n) is 2.19. The van der Waals surface area contributed by atoms with Crippen LogP contribution in [0.4, 0.5) is 18.2 Å². The van der Waals surface area contributed by atoms with Crippen molar-refractivity contribution in [3.05, 3.63) is 16.0 Å². The van der Waals surface area contributed by atoms with E-state index in [1.807, 2.05) is 0 Å². The number of alkyl halides is 3. The zero-order chi connectivity index (χ0) is 14.2. The lowest BCUT2D eigenvalue weighted by atomic mass is 10.0. The van der Waals surface area contributed by atoms with Gasteiger partial charge in [0.2, 0.25) is 0 Å². The number of fused-ring (bicyclic) bond motifs is 1. The van der Waals surface area contributed by atoms with Crippen molar-refractivity contribution in [3.63, 3.8) is 0 Å². The Hall–Kier alpha value is -1.28. The highest BCUT2D eigenvalue weighted by Crippen LogP contribution is 2.36. The van der Waals surface area contributed by atoms with Crippen LogP contribution in [0, 0.1) is 0 Å². The van der Waals surface area contributed by atoms with Gasteiger partial charge in [-0.2, -0.15) is 13.2 Å². The molecule has 0 saturated heterocycles. The highest BCUT2D eigenvalue weighted by molar-refractivity contribution is 7.16. The van der Waals surface area contributed by atoms with E-state index in [1.54, 1.807) is 0 Å². The van der Waals surface area contributed by atoms with Crippen molar-refractivity contribution < 1.29 is 22.7 Å². The number of carbonyl (C=O) groups is 1. The maximum absolute atomic E-state index is 12.3. The van der Waals surface area contributed by atoms with E-state index in [2.05, 4.69) is 4.74 Å². The summed E-state index contributed by atoms with van der Waals surface area (Å²) in [6, 6.07) is 0. The van der Waals surface area contributed by atoms with Crippen LogP contribution in [0.15, 0.2) is 0 Å². The highest BCUT2D eigenvalue weighted by atomic mass is 32.1. The zero-order valence-corrected chi connectivity index (χ0v) is 11.0. The number of carbonyl (C=O) groups excluding carboxylic acids is 1. The fraction of sp³-hybridized carbons (Fsp3) is 0.545. The summed E-state index contributed by atoms with van der Waals surface area (Å²) in [7, 11) is 1.25. The average molecular weight is 294 g/mol. The van der Waals surface area contributed by atoms with E-state index >= 15 is 0 Å². The molecule has 1 aromatic heterocycles. The predicted molar refractivity (Wildman–Crippen MR) is 65.1 cm³/mol. The van der Waals surface area contributed by atoms with E-state index in [1.165, 1.54) is 12.0 Å². The molecule has 2 rings (SSSR count). The summed E-state index contributed by atoms with van der Waals surface area (Å²) < 4.78 is 41.7. The number of nitrogens with zero attached hydrogens (tertiary/aromatic N) is 1. The van der Waals surface area contributed by atoms with Gasteiger partial charge in [-0.05, 0) is 12.0 Å². The molecule has 0 spiro atoms. The molecule has 0 bridgehead atoms. The summed E-state index contributed by atoms with van der Waals surface area (Å²) in [6.45, 7) is -0.523. The van der Waals surface area contributed by atoms with Crippen molar-refractivity contribution in [1.82, 2.24) is 4.90 Å². The predicted octanol–water partition coefficient (Wildman–Crippen LogP) is 2.04. The van der Waals surface area contributed by atoms with Crippen molar-refractivity contribution in [2.75, 3.05) is 25.9 Å². The third kappa shape index (κ3) is 3.01. The molecule has 106 valence electrons. The van der Waals surface area contributed by atoms with Crippen molar-refractivity contribution in [2.24, 2.45) is 0 Å². The number of thiophene rings is 1. The Balaban J connectivity index is 2.21. The fourth-order valence-corrected chi connectivity index (χ4v) is 3.34. The van der Waals surface area contributed by atoms with Gasteiger partial charge in [0.15, 0.2) is 0 Å². The first kappa shape index (κ1) is 14.1. The summed E-state index contributed by atoms with van der Waals surface area (Å²) in [6.07, 6.45) is -3.84. The smallest absolute Gasteiger partial charge is 0.401 e. The number of nitrogen functional groups attached to an aromatic ring is 1. The number of hydrogen-bond donors (Lipinski definition) is 1. The Bertz CT molecular complexity index is 499. The highest BCUT2D eigenvalue weighted by Gasteiger charge is 2.34. The summed E-state index contributed by atoms with van der Waals surface area (Å²) in [5.41, 5.74) is 6.79. The van der Waals surface area contributed by atoms with Gasteiger partial charge in [-0.1, -0.05) is 0 Å². The molecule has 2 N–H and O–H groups in total. The molecule has 0 amide bonds. The van der Waals surface area contributed by atoms with Crippen LogP contribution in [-0.4, -0.2) is 37.2 Å². The van der Waals surface area contributed by atoms with Gasteiger partial charge in [0, 0.05) is 18.0 Å². The van der Waals surface area contributed by atoms with Crippen LogP contribution in [0.3, 0.4) is 0 Å². The minimum atomic E-state index is -4.22. The van der Waals surface area contributed by atoms with Crippen LogP contribution >= 0.6 is 11.3 Å².